The molecule has 1 fully saturated rings. The summed E-state index contributed by atoms with van der Waals surface area (Å²) in [6.45, 7) is 2.22. The molecule has 1 aromatic rings. The number of carbonyl (C=O) groups is 1. The van der Waals surface area contributed by atoms with Crippen LogP contribution < -0.4 is 4.90 Å². The van der Waals surface area contributed by atoms with Crippen LogP contribution in [0.3, 0.4) is 0 Å². The lowest BCUT2D eigenvalue weighted by Gasteiger charge is -2.35. The standard InChI is InChI=1S/C14H20N4O5S/c1-24(22,23)10-2-3-14(19)17-8-6-16(7-9-17)13-5-4-12(11-15-13)18(20)21/h4-5,11H,2-3,6-10H2,1H3. The molecule has 1 aromatic heterocycles. The first-order valence-corrected chi connectivity index (χ1v) is 9.63. The number of sulfone groups is 1. The van der Waals surface area contributed by atoms with Crippen LogP contribution >= 0.6 is 0 Å². The lowest BCUT2D eigenvalue weighted by atomic mass is 10.2. The largest absolute Gasteiger partial charge is 0.353 e. The van der Waals surface area contributed by atoms with E-state index in [0.717, 1.165) is 6.26 Å². The Bertz CT molecular complexity index is 696. The van der Waals surface area contributed by atoms with E-state index in [-0.39, 0.29) is 23.8 Å². The molecule has 0 unspecified atom stereocenters. The van der Waals surface area contributed by atoms with Crippen molar-refractivity contribution in [3.8, 4) is 0 Å². The van der Waals surface area contributed by atoms with Crippen molar-refractivity contribution in [2.75, 3.05) is 43.1 Å². The summed E-state index contributed by atoms with van der Waals surface area (Å²) in [5, 5.41) is 10.6. The Morgan fingerprint density at radius 2 is 1.96 bits per heavy atom. The lowest BCUT2D eigenvalue weighted by molar-refractivity contribution is -0.385. The van der Waals surface area contributed by atoms with E-state index in [4.69, 9.17) is 0 Å². The summed E-state index contributed by atoms with van der Waals surface area (Å²) in [5.74, 6) is 0.616. The van der Waals surface area contributed by atoms with Gasteiger partial charge in [0.15, 0.2) is 0 Å². The fraction of sp³-hybridized carbons (Fsp3) is 0.571. The molecule has 132 valence electrons. The van der Waals surface area contributed by atoms with Crippen molar-refractivity contribution in [1.82, 2.24) is 9.88 Å². The van der Waals surface area contributed by atoms with Crippen molar-refractivity contribution in [3.63, 3.8) is 0 Å². The van der Waals surface area contributed by atoms with Gasteiger partial charge >= 0.3 is 0 Å². The molecule has 0 saturated carbocycles. The van der Waals surface area contributed by atoms with Gasteiger partial charge in [0, 0.05) is 44.9 Å². The number of nitrogens with zero attached hydrogens (tertiary/aromatic N) is 4. The molecule has 1 amide bonds. The molecule has 2 heterocycles. The fourth-order valence-corrected chi connectivity index (χ4v) is 3.17. The molecule has 10 heteroatoms. The molecule has 0 radical (unpaired) electrons. The van der Waals surface area contributed by atoms with Gasteiger partial charge in [-0.2, -0.15) is 0 Å². The first-order chi connectivity index (χ1) is 11.3. The maximum absolute atomic E-state index is 12.1. The highest BCUT2D eigenvalue weighted by atomic mass is 32.2. The second-order valence-corrected chi connectivity index (χ2v) is 7.99. The Morgan fingerprint density at radius 3 is 2.46 bits per heavy atom. The van der Waals surface area contributed by atoms with Crippen LogP contribution in [0.4, 0.5) is 11.5 Å². The van der Waals surface area contributed by atoms with Gasteiger partial charge in [-0.1, -0.05) is 0 Å². The summed E-state index contributed by atoms with van der Waals surface area (Å²) in [7, 11) is -3.04. The average Bonchev–Trinajstić information content (AvgIpc) is 2.54. The topological polar surface area (TPSA) is 114 Å². The highest BCUT2D eigenvalue weighted by Crippen LogP contribution is 2.17. The molecule has 1 saturated heterocycles. The molecule has 2 rings (SSSR count). The van der Waals surface area contributed by atoms with Crippen LogP contribution in [0.1, 0.15) is 12.8 Å². The summed E-state index contributed by atoms with van der Waals surface area (Å²) in [5.41, 5.74) is -0.0570. The predicted octanol–water partition coefficient (Wildman–Crippen LogP) is 0.463. The van der Waals surface area contributed by atoms with Gasteiger partial charge in [-0.3, -0.25) is 14.9 Å². The van der Waals surface area contributed by atoms with E-state index >= 15 is 0 Å². The molecule has 24 heavy (non-hydrogen) atoms. The van der Waals surface area contributed by atoms with Crippen molar-refractivity contribution in [1.29, 1.82) is 0 Å². The van der Waals surface area contributed by atoms with E-state index in [9.17, 15) is 23.3 Å². The average molecular weight is 356 g/mol. The third kappa shape index (κ3) is 5.15. The number of amides is 1. The number of anilines is 1. The Balaban J connectivity index is 1.82. The van der Waals surface area contributed by atoms with Gasteiger partial charge in [0.05, 0.1) is 10.7 Å². The predicted molar refractivity (Wildman–Crippen MR) is 88.6 cm³/mol. The molecule has 1 aliphatic rings. The Hall–Kier alpha value is -2.23. The number of nitro groups is 1. The van der Waals surface area contributed by atoms with E-state index in [1.807, 2.05) is 4.90 Å². The highest BCUT2D eigenvalue weighted by Gasteiger charge is 2.22. The van der Waals surface area contributed by atoms with Crippen molar-refractivity contribution in [2.24, 2.45) is 0 Å². The number of piperazine rings is 1. The first-order valence-electron chi connectivity index (χ1n) is 7.57. The number of carbonyl (C=O) groups excluding carboxylic acids is 1. The van der Waals surface area contributed by atoms with E-state index < -0.39 is 14.8 Å². The lowest BCUT2D eigenvalue weighted by Crippen LogP contribution is -2.49. The maximum atomic E-state index is 12.1. The normalized spacial score (nSPS) is 15.4. The minimum absolute atomic E-state index is 0.0193. The molecule has 1 aliphatic heterocycles. The van der Waals surface area contributed by atoms with Gasteiger partial charge in [-0.05, 0) is 12.5 Å². The van der Waals surface area contributed by atoms with Crippen LogP contribution in [0.5, 0.6) is 0 Å². The smallest absolute Gasteiger partial charge is 0.287 e. The molecule has 0 spiro atoms. The second kappa shape index (κ2) is 7.56. The van der Waals surface area contributed by atoms with Crippen LogP contribution in [0.2, 0.25) is 0 Å². The zero-order chi connectivity index (χ0) is 17.7. The van der Waals surface area contributed by atoms with E-state index in [1.165, 1.54) is 12.3 Å². The van der Waals surface area contributed by atoms with Crippen LogP contribution in [0.25, 0.3) is 0 Å². The third-order valence-corrected chi connectivity index (χ3v) is 4.84. The summed E-state index contributed by atoms with van der Waals surface area (Å²) in [6, 6.07) is 3.01. The second-order valence-electron chi connectivity index (χ2n) is 5.73. The minimum atomic E-state index is -3.04. The van der Waals surface area contributed by atoms with Crippen LogP contribution in [0.15, 0.2) is 18.3 Å². The Kier molecular flexibility index (Phi) is 5.71. The van der Waals surface area contributed by atoms with E-state index in [2.05, 4.69) is 4.98 Å². The first kappa shape index (κ1) is 18.1. The number of aromatic nitrogens is 1. The van der Waals surface area contributed by atoms with Gasteiger partial charge in [0.25, 0.3) is 5.69 Å². The van der Waals surface area contributed by atoms with Gasteiger partial charge in [-0.15, -0.1) is 0 Å². The fourth-order valence-electron chi connectivity index (χ4n) is 2.50. The van der Waals surface area contributed by atoms with Crippen molar-refractivity contribution in [3.05, 3.63) is 28.4 Å². The number of hydrogen-bond acceptors (Lipinski definition) is 7. The minimum Gasteiger partial charge on any atom is -0.353 e. The molecule has 0 aliphatic carbocycles. The molecular weight excluding hydrogens is 336 g/mol. The van der Waals surface area contributed by atoms with Crippen LogP contribution in [0, 0.1) is 10.1 Å². The molecule has 0 atom stereocenters. The summed E-state index contributed by atoms with van der Waals surface area (Å²) >= 11 is 0. The Morgan fingerprint density at radius 1 is 1.29 bits per heavy atom. The third-order valence-electron chi connectivity index (χ3n) is 3.81. The molecule has 0 N–H and O–H groups in total. The maximum Gasteiger partial charge on any atom is 0.287 e. The molecule has 9 nitrogen and oxygen atoms in total. The van der Waals surface area contributed by atoms with E-state index in [1.54, 1.807) is 11.0 Å². The van der Waals surface area contributed by atoms with Gasteiger partial charge in [0.2, 0.25) is 5.91 Å². The zero-order valence-electron chi connectivity index (χ0n) is 13.4. The summed E-state index contributed by atoms with van der Waals surface area (Å²) < 4.78 is 22.1. The van der Waals surface area contributed by atoms with Crippen LogP contribution in [-0.2, 0) is 14.6 Å². The summed E-state index contributed by atoms with van der Waals surface area (Å²) in [6.07, 6.45) is 2.94. The quantitative estimate of drug-likeness (QED) is 0.537. The zero-order valence-corrected chi connectivity index (χ0v) is 14.2. The van der Waals surface area contributed by atoms with Crippen molar-refractivity contribution >= 4 is 27.2 Å². The van der Waals surface area contributed by atoms with Gasteiger partial charge < -0.3 is 9.80 Å². The van der Waals surface area contributed by atoms with Gasteiger partial charge in [-0.25, -0.2) is 13.4 Å². The molecule has 0 aromatic carbocycles. The Labute approximate surface area is 140 Å². The SMILES string of the molecule is CS(=O)(=O)CCCC(=O)N1CCN(c2ccc([N+](=O)[O-])cn2)CC1. The van der Waals surface area contributed by atoms with E-state index in [0.29, 0.717) is 38.4 Å². The van der Waals surface area contributed by atoms with Crippen LogP contribution in [-0.4, -0.2) is 67.3 Å². The molecular formula is C14H20N4O5S. The highest BCUT2D eigenvalue weighted by molar-refractivity contribution is 7.90. The number of hydrogen-bond donors (Lipinski definition) is 0. The monoisotopic (exact) mass is 356 g/mol. The van der Waals surface area contributed by atoms with Crippen molar-refractivity contribution in [2.45, 2.75) is 12.8 Å². The number of rotatable bonds is 6. The van der Waals surface area contributed by atoms with Crippen molar-refractivity contribution < 1.29 is 18.1 Å². The van der Waals surface area contributed by atoms with Gasteiger partial charge in [0.1, 0.15) is 21.9 Å². The summed E-state index contributed by atoms with van der Waals surface area (Å²) in [4.78, 5) is 30.0. The number of pyridine rings is 1. The molecule has 0 bridgehead atoms.